The number of quaternary nitrogens is 1. The minimum atomic E-state index is 0.0894. The molecule has 0 aliphatic rings. The van der Waals surface area contributed by atoms with Crippen LogP contribution in [0.3, 0.4) is 0 Å². The smallest absolute Gasteiger partial charge is 0.277 e. The predicted octanol–water partition coefficient (Wildman–Crippen LogP) is 3.92. The number of likely N-dealkylation sites (N-methyl/N-ethyl adjacent to an activating group) is 1. The molecular weight excluding hydrogens is 390 g/mol. The summed E-state index contributed by atoms with van der Waals surface area (Å²) in [7, 11) is 1.85. The van der Waals surface area contributed by atoms with Crippen molar-refractivity contribution in [2.45, 2.75) is 19.5 Å². The van der Waals surface area contributed by atoms with Crippen LogP contribution in [0.1, 0.15) is 27.7 Å². The fraction of sp³-hybridized carbons (Fsp3) is 0.200. The highest BCUT2D eigenvalue weighted by Crippen LogP contribution is 2.22. The Kier molecular flexibility index (Phi) is 6.21. The summed E-state index contributed by atoms with van der Waals surface area (Å²) in [6.07, 6.45) is 0. The van der Waals surface area contributed by atoms with Gasteiger partial charge in [0.05, 0.1) is 16.8 Å². The number of carbonyl (C=O) groups is 1. The number of fused-ring (bicyclic) bond motifs is 1. The van der Waals surface area contributed by atoms with Crippen LogP contribution in [0, 0.1) is 6.92 Å². The molecule has 152 valence electrons. The number of benzene rings is 3. The van der Waals surface area contributed by atoms with Crippen molar-refractivity contribution in [2.24, 2.45) is 0 Å². The summed E-state index contributed by atoms with van der Waals surface area (Å²) in [5.41, 5.74) is 4.63. The van der Waals surface area contributed by atoms with Crippen molar-refractivity contribution in [1.29, 1.82) is 0 Å². The predicted molar refractivity (Wildman–Crippen MR) is 122 cm³/mol. The number of hydrogen-bond donors (Lipinski definition) is 1. The molecule has 0 unspecified atom stereocenters. The molecule has 0 aliphatic heterocycles. The first kappa shape index (κ1) is 20.3. The third kappa shape index (κ3) is 4.75. The van der Waals surface area contributed by atoms with Crippen molar-refractivity contribution in [3.8, 4) is 0 Å². The number of carbonyl (C=O) groups excluding carboxylic acids is 1. The van der Waals surface area contributed by atoms with E-state index in [9.17, 15) is 4.79 Å². The zero-order valence-corrected chi connectivity index (χ0v) is 18.1. The number of hydrogen-bond acceptors (Lipinski definition) is 3. The van der Waals surface area contributed by atoms with E-state index in [0.29, 0.717) is 13.1 Å². The van der Waals surface area contributed by atoms with Gasteiger partial charge in [-0.15, -0.1) is 11.3 Å². The number of aromatic nitrogens is 1. The van der Waals surface area contributed by atoms with Crippen LogP contribution >= 0.6 is 11.3 Å². The lowest BCUT2D eigenvalue weighted by Gasteiger charge is -2.19. The van der Waals surface area contributed by atoms with Crippen molar-refractivity contribution in [1.82, 2.24) is 9.88 Å². The average Bonchev–Trinajstić information content (AvgIpc) is 3.18. The third-order valence-electron chi connectivity index (χ3n) is 5.26. The van der Waals surface area contributed by atoms with E-state index in [1.807, 2.05) is 43.4 Å². The van der Waals surface area contributed by atoms with Gasteiger partial charge < -0.3 is 10.2 Å². The van der Waals surface area contributed by atoms with Gasteiger partial charge in [-0.1, -0.05) is 72.3 Å². The summed E-state index contributed by atoms with van der Waals surface area (Å²) in [6.45, 7) is 3.01. The van der Waals surface area contributed by atoms with E-state index < -0.39 is 0 Å². The molecule has 0 saturated carbocycles. The second-order valence-corrected chi connectivity index (χ2v) is 8.68. The minimum absolute atomic E-state index is 0.0894. The van der Waals surface area contributed by atoms with Gasteiger partial charge in [-0.2, -0.15) is 0 Å². The SMILES string of the molecule is Cc1ccc([C@@H]([NH2+]CC(=O)N(C)Cc2nc3ccccc3s2)c2ccccc2)cc1. The summed E-state index contributed by atoms with van der Waals surface area (Å²) in [5.74, 6) is 0.0994. The molecule has 4 nitrogen and oxygen atoms in total. The van der Waals surface area contributed by atoms with E-state index in [2.05, 4.69) is 59.7 Å². The maximum Gasteiger partial charge on any atom is 0.277 e. The molecule has 30 heavy (non-hydrogen) atoms. The summed E-state index contributed by atoms with van der Waals surface area (Å²) < 4.78 is 1.16. The van der Waals surface area contributed by atoms with Gasteiger partial charge in [0.1, 0.15) is 11.0 Å². The molecule has 3 aromatic carbocycles. The van der Waals surface area contributed by atoms with Gasteiger partial charge in [0.15, 0.2) is 6.54 Å². The lowest BCUT2D eigenvalue weighted by molar-refractivity contribution is -0.677. The number of nitrogens with zero attached hydrogens (tertiary/aromatic N) is 2. The van der Waals surface area contributed by atoms with Crippen LogP contribution in [0.5, 0.6) is 0 Å². The molecule has 0 bridgehead atoms. The Hall–Kier alpha value is -3.02. The van der Waals surface area contributed by atoms with Crippen molar-refractivity contribution in [2.75, 3.05) is 13.6 Å². The topological polar surface area (TPSA) is 49.8 Å². The Balaban J connectivity index is 1.44. The van der Waals surface area contributed by atoms with Gasteiger partial charge in [0.25, 0.3) is 5.91 Å². The third-order valence-corrected chi connectivity index (χ3v) is 6.28. The number of para-hydroxylation sites is 1. The van der Waals surface area contributed by atoms with Crippen molar-refractivity contribution < 1.29 is 10.1 Å². The highest BCUT2D eigenvalue weighted by atomic mass is 32.1. The summed E-state index contributed by atoms with van der Waals surface area (Å²) in [5, 5.41) is 3.09. The molecule has 1 atom stereocenters. The van der Waals surface area contributed by atoms with Crippen LogP contribution in [0.2, 0.25) is 0 Å². The molecule has 4 rings (SSSR count). The lowest BCUT2D eigenvalue weighted by atomic mass is 9.98. The van der Waals surface area contributed by atoms with Crippen LogP contribution < -0.4 is 5.32 Å². The molecule has 0 spiro atoms. The van der Waals surface area contributed by atoms with Crippen LogP contribution in [0.4, 0.5) is 0 Å². The molecule has 2 N–H and O–H groups in total. The molecule has 5 heteroatoms. The van der Waals surface area contributed by atoms with E-state index in [0.717, 1.165) is 15.2 Å². The quantitative estimate of drug-likeness (QED) is 0.496. The van der Waals surface area contributed by atoms with Crippen molar-refractivity contribution in [3.63, 3.8) is 0 Å². The number of aryl methyl sites for hydroxylation is 1. The molecule has 4 aromatic rings. The molecule has 1 amide bonds. The van der Waals surface area contributed by atoms with Crippen molar-refractivity contribution in [3.05, 3.63) is 101 Å². The molecule has 0 aliphatic carbocycles. The number of thiazole rings is 1. The molecule has 0 fully saturated rings. The Morgan fingerprint density at radius 3 is 2.37 bits per heavy atom. The fourth-order valence-corrected chi connectivity index (χ4v) is 4.57. The largest absolute Gasteiger partial charge is 0.334 e. The van der Waals surface area contributed by atoms with Crippen LogP contribution in [0.25, 0.3) is 10.2 Å². The Morgan fingerprint density at radius 1 is 0.967 bits per heavy atom. The van der Waals surface area contributed by atoms with Crippen LogP contribution in [-0.4, -0.2) is 29.4 Å². The van der Waals surface area contributed by atoms with E-state index in [4.69, 9.17) is 0 Å². The standard InChI is InChI=1S/C25H25N3OS/c1-18-12-14-20(15-13-18)25(19-8-4-3-5-9-19)26-16-24(29)28(2)17-23-27-21-10-6-7-11-22(21)30-23/h3-15,25-26H,16-17H2,1-2H3/p+1/t25-/m0/s1. The average molecular weight is 417 g/mol. The van der Waals surface area contributed by atoms with Gasteiger partial charge in [-0.25, -0.2) is 4.98 Å². The van der Waals surface area contributed by atoms with Gasteiger partial charge >= 0.3 is 0 Å². The fourth-order valence-electron chi connectivity index (χ4n) is 3.55. The maximum atomic E-state index is 12.9. The summed E-state index contributed by atoms with van der Waals surface area (Å²) in [6, 6.07) is 27.1. The lowest BCUT2D eigenvalue weighted by Crippen LogP contribution is -2.87. The molecule has 0 saturated heterocycles. The number of rotatable bonds is 7. The second-order valence-electron chi connectivity index (χ2n) is 7.56. The van der Waals surface area contributed by atoms with E-state index in [1.165, 1.54) is 16.7 Å². The molecule has 0 radical (unpaired) electrons. The first-order valence-electron chi connectivity index (χ1n) is 10.1. The zero-order chi connectivity index (χ0) is 20.9. The van der Waals surface area contributed by atoms with Gasteiger partial charge in [0.2, 0.25) is 0 Å². The van der Waals surface area contributed by atoms with E-state index in [1.54, 1.807) is 16.2 Å². The zero-order valence-electron chi connectivity index (χ0n) is 17.3. The number of amides is 1. The van der Waals surface area contributed by atoms with E-state index in [-0.39, 0.29) is 11.9 Å². The van der Waals surface area contributed by atoms with Gasteiger partial charge in [-0.3, -0.25) is 4.79 Å². The Morgan fingerprint density at radius 2 is 1.63 bits per heavy atom. The highest BCUT2D eigenvalue weighted by molar-refractivity contribution is 7.18. The maximum absolute atomic E-state index is 12.9. The Bertz CT molecular complexity index is 1090. The summed E-state index contributed by atoms with van der Waals surface area (Å²) >= 11 is 1.65. The molecule has 1 heterocycles. The van der Waals surface area contributed by atoms with E-state index >= 15 is 0 Å². The first-order chi connectivity index (χ1) is 14.6. The normalized spacial score (nSPS) is 12.1. The highest BCUT2D eigenvalue weighted by Gasteiger charge is 2.21. The molecular formula is C25H26N3OS+. The molecule has 1 aromatic heterocycles. The Labute approximate surface area is 181 Å². The van der Waals surface area contributed by atoms with Gasteiger partial charge in [-0.05, 0) is 19.1 Å². The van der Waals surface area contributed by atoms with Crippen LogP contribution in [-0.2, 0) is 11.3 Å². The summed E-state index contributed by atoms with van der Waals surface area (Å²) in [4.78, 5) is 19.3. The second kappa shape index (κ2) is 9.20. The monoisotopic (exact) mass is 416 g/mol. The number of nitrogens with two attached hydrogens (primary N) is 1. The minimum Gasteiger partial charge on any atom is -0.334 e. The van der Waals surface area contributed by atoms with Crippen LogP contribution in [0.15, 0.2) is 78.9 Å². The van der Waals surface area contributed by atoms with Gasteiger partial charge in [0, 0.05) is 18.2 Å². The first-order valence-corrected chi connectivity index (χ1v) is 10.9. The van der Waals surface area contributed by atoms with Crippen molar-refractivity contribution >= 4 is 27.5 Å².